The molecule has 0 radical (unpaired) electrons. The number of aromatic amines is 1. The van der Waals surface area contributed by atoms with E-state index < -0.39 is 5.91 Å². The van der Waals surface area contributed by atoms with E-state index >= 15 is 0 Å². The van der Waals surface area contributed by atoms with E-state index in [-0.39, 0.29) is 41.7 Å². The Balaban J connectivity index is 0.713. The van der Waals surface area contributed by atoms with Crippen molar-refractivity contribution in [3.8, 4) is 0 Å². The van der Waals surface area contributed by atoms with Crippen molar-refractivity contribution in [3.05, 3.63) is 76.5 Å². The maximum absolute atomic E-state index is 12.5. The molecular weight excluding hydrogens is 963 g/mol. The molecule has 0 bridgehead atoms. The van der Waals surface area contributed by atoms with Gasteiger partial charge in [-0.3, -0.25) is 24.0 Å². The van der Waals surface area contributed by atoms with E-state index in [1.807, 2.05) is 43.0 Å². The Labute approximate surface area is 440 Å². The number of nitrogens with zero attached hydrogens (tertiary/aromatic N) is 1. The monoisotopic (exact) mass is 1040 g/mol. The topological polar surface area (TPSA) is 247 Å². The lowest BCUT2D eigenvalue weighted by molar-refractivity contribution is -0.123. The van der Waals surface area contributed by atoms with Crippen LogP contribution in [0.4, 0.5) is 10.5 Å². The summed E-state index contributed by atoms with van der Waals surface area (Å²) in [5, 5.41) is 19.2. The fraction of sp³-hybridized carbons (Fsp3) is 0.600. The van der Waals surface area contributed by atoms with Crippen LogP contribution < -0.4 is 37.6 Å². The molecule has 9 N–H and O–H groups in total. The molecule has 1 aliphatic carbocycles. The van der Waals surface area contributed by atoms with Crippen molar-refractivity contribution < 1.29 is 43.0 Å². The van der Waals surface area contributed by atoms with Crippen LogP contribution in [0.3, 0.4) is 0 Å². The Bertz CT molecular complexity index is 2360. The maximum atomic E-state index is 12.5. The predicted molar refractivity (Wildman–Crippen MR) is 290 cm³/mol. The summed E-state index contributed by atoms with van der Waals surface area (Å²) in [7, 11) is 2.15. The van der Waals surface area contributed by atoms with Gasteiger partial charge in [-0.2, -0.15) is 11.8 Å². The molecule has 3 heterocycles. The summed E-state index contributed by atoms with van der Waals surface area (Å²) in [5.41, 5.74) is 13.6. The van der Waals surface area contributed by atoms with Crippen LogP contribution in [0.5, 0.6) is 0 Å². The van der Waals surface area contributed by atoms with E-state index in [4.69, 9.17) is 19.9 Å². The number of hydrogen-bond acceptors (Lipinski definition) is 11. The largest absolute Gasteiger partial charge is 0.379 e. The normalized spacial score (nSPS) is 17.9. The first-order chi connectivity index (χ1) is 35.9. The van der Waals surface area contributed by atoms with Crippen molar-refractivity contribution in [2.75, 3.05) is 90.5 Å². The lowest BCUT2D eigenvalue weighted by atomic mass is 9.85. The van der Waals surface area contributed by atoms with Gasteiger partial charge in [-0.05, 0) is 138 Å². The van der Waals surface area contributed by atoms with E-state index in [9.17, 15) is 28.8 Å². The van der Waals surface area contributed by atoms with Crippen molar-refractivity contribution in [2.24, 2.45) is 11.7 Å². The molecule has 74 heavy (non-hydrogen) atoms. The lowest BCUT2D eigenvalue weighted by Gasteiger charge is -2.27. The number of nitrogens with one attached hydrogen (secondary N) is 7. The third-order valence-corrected chi connectivity index (χ3v) is 15.5. The van der Waals surface area contributed by atoms with Crippen LogP contribution in [0, 0.1) is 12.8 Å². The number of primary amides is 1. The number of rotatable bonds is 35. The second kappa shape index (κ2) is 30.8. The molecule has 1 unspecified atom stereocenters. The van der Waals surface area contributed by atoms with Gasteiger partial charge in [-0.1, -0.05) is 31.2 Å². The minimum absolute atomic E-state index is 0.0357. The third kappa shape index (κ3) is 18.7. The van der Waals surface area contributed by atoms with Crippen LogP contribution in [0.25, 0.3) is 10.9 Å². The van der Waals surface area contributed by atoms with Gasteiger partial charge in [0.25, 0.3) is 5.91 Å². The highest BCUT2D eigenvalue weighted by atomic mass is 32.2. The number of benzene rings is 2. The second-order valence-corrected chi connectivity index (χ2v) is 21.2. The SMILES string of the molecule is C=CC(=O)Nc1ccc(Cc2ccc(C(N)=O)c3[nH]c4c(c23)CCC(CN(C)CCCCNC(=O)CCCC(=O)NCCCOCCOCCOCCCNC(=O)CCCC[C@@H]2SC[C@@H]3NC(=O)N[C@@H]32)C4)cc1C. The van der Waals surface area contributed by atoms with Crippen LogP contribution >= 0.6 is 11.8 Å². The second-order valence-electron chi connectivity index (χ2n) is 19.9. The molecule has 7 amide bonds. The third-order valence-electron chi connectivity index (χ3n) is 14.0. The zero-order chi connectivity index (χ0) is 52.7. The van der Waals surface area contributed by atoms with E-state index in [1.165, 1.54) is 17.3 Å². The number of amides is 7. The number of anilines is 1. The van der Waals surface area contributed by atoms with Gasteiger partial charge in [-0.25, -0.2) is 4.79 Å². The number of urea groups is 1. The van der Waals surface area contributed by atoms with Gasteiger partial charge < -0.3 is 61.7 Å². The number of carbonyl (C=O) groups is 6. The number of aryl methyl sites for hydroxylation is 2. The molecule has 2 fully saturated rings. The molecule has 3 aliphatic rings. The summed E-state index contributed by atoms with van der Waals surface area (Å²) in [6, 6.07) is 10.2. The summed E-state index contributed by atoms with van der Waals surface area (Å²) in [6.07, 6.45) is 12.5. The number of nitrogens with two attached hydrogens (primary N) is 1. The predicted octanol–water partition coefficient (Wildman–Crippen LogP) is 5.18. The minimum atomic E-state index is -0.452. The summed E-state index contributed by atoms with van der Waals surface area (Å²) in [4.78, 5) is 78.7. The number of unbranched alkanes of at least 4 members (excludes halogenated alkanes) is 2. The number of ether oxygens (including phenoxy) is 3. The Morgan fingerprint density at radius 3 is 2.15 bits per heavy atom. The molecule has 2 aromatic carbocycles. The Morgan fingerprint density at radius 1 is 0.824 bits per heavy atom. The van der Waals surface area contributed by atoms with E-state index in [1.54, 1.807) is 0 Å². The molecule has 4 atom stereocenters. The minimum Gasteiger partial charge on any atom is -0.379 e. The number of thioether (sulfide) groups is 1. The van der Waals surface area contributed by atoms with Crippen LogP contribution in [-0.4, -0.2) is 148 Å². The molecular formula is C55H81N9O9S. The van der Waals surface area contributed by atoms with Crippen LogP contribution in [-0.2, 0) is 52.7 Å². The zero-order valence-electron chi connectivity index (χ0n) is 43.7. The first-order valence-electron chi connectivity index (χ1n) is 26.8. The van der Waals surface area contributed by atoms with Crippen LogP contribution in [0.1, 0.15) is 115 Å². The summed E-state index contributed by atoms with van der Waals surface area (Å²) < 4.78 is 16.8. The molecule has 3 aromatic rings. The molecule has 2 aliphatic heterocycles. The Morgan fingerprint density at radius 2 is 1.49 bits per heavy atom. The van der Waals surface area contributed by atoms with Gasteiger partial charge in [0, 0.05) is 86.4 Å². The standard InChI is InChI=1S/C55H81N9O9S/c1-4-47(65)60-43-21-17-38(32-37(43)2)33-40-18-20-42(54(56)69)52-51(40)41-19-16-39(34-44(41)61-52)35-64(3)25-8-7-22-57-49(67)14-9-15-50(68)59-24-11-27-72-29-31-73-30-28-71-26-10-23-58-48(66)13-6-5-12-46-53-45(36-74-46)62-55(70)63-53/h4,17-18,20-21,32,39,45-46,53,61H,1,5-16,19,22-31,33-36H2,2-3H3,(H2,56,69)(H,57,67)(H,58,66)(H,59,68)(H,60,65)(H2,62,63,70)/t39?,45-,46-,53-/m0/s1. The first kappa shape index (κ1) is 57.8. The van der Waals surface area contributed by atoms with Crippen molar-refractivity contribution in [1.29, 1.82) is 0 Å². The number of fused-ring (bicyclic) bond motifs is 4. The van der Waals surface area contributed by atoms with Crippen LogP contribution in [0.2, 0.25) is 0 Å². The molecule has 18 nitrogen and oxygen atoms in total. The first-order valence-corrected chi connectivity index (χ1v) is 27.8. The molecule has 2 saturated heterocycles. The van der Waals surface area contributed by atoms with Gasteiger partial charge in [-0.15, -0.1) is 0 Å². The van der Waals surface area contributed by atoms with Crippen molar-refractivity contribution in [2.45, 2.75) is 121 Å². The van der Waals surface area contributed by atoms with Gasteiger partial charge in [0.1, 0.15) is 0 Å². The summed E-state index contributed by atoms with van der Waals surface area (Å²) in [6.45, 7) is 12.0. The molecule has 406 valence electrons. The quantitative estimate of drug-likeness (QED) is 0.0217. The smallest absolute Gasteiger partial charge is 0.315 e. The summed E-state index contributed by atoms with van der Waals surface area (Å²) >= 11 is 1.90. The molecule has 0 spiro atoms. The van der Waals surface area contributed by atoms with Crippen molar-refractivity contribution in [1.82, 2.24) is 36.5 Å². The van der Waals surface area contributed by atoms with Crippen molar-refractivity contribution >= 4 is 63.9 Å². The van der Waals surface area contributed by atoms with E-state index in [2.05, 4.69) is 61.5 Å². The fourth-order valence-corrected chi connectivity index (χ4v) is 11.7. The Kier molecular flexibility index (Phi) is 24.0. The lowest BCUT2D eigenvalue weighted by Crippen LogP contribution is -2.36. The van der Waals surface area contributed by atoms with Gasteiger partial charge in [0.15, 0.2) is 0 Å². The number of hydrogen-bond donors (Lipinski definition) is 8. The Hall–Kier alpha value is -5.47. The highest BCUT2D eigenvalue weighted by Crippen LogP contribution is 2.37. The van der Waals surface area contributed by atoms with Crippen LogP contribution in [0.15, 0.2) is 43.0 Å². The van der Waals surface area contributed by atoms with Gasteiger partial charge >= 0.3 is 6.03 Å². The molecule has 6 rings (SSSR count). The molecule has 0 saturated carbocycles. The van der Waals surface area contributed by atoms with E-state index in [0.717, 1.165) is 110 Å². The highest BCUT2D eigenvalue weighted by molar-refractivity contribution is 8.00. The summed E-state index contributed by atoms with van der Waals surface area (Å²) in [5.74, 6) is 0.673. The average Bonchev–Trinajstić information content (AvgIpc) is 4.06. The fourth-order valence-electron chi connectivity index (χ4n) is 10.1. The number of H-pyrrole nitrogens is 1. The van der Waals surface area contributed by atoms with Gasteiger partial charge in [0.2, 0.25) is 23.6 Å². The number of carbonyl (C=O) groups excluding carboxylic acids is 6. The van der Waals surface area contributed by atoms with Crippen molar-refractivity contribution in [3.63, 3.8) is 0 Å². The highest BCUT2D eigenvalue weighted by Gasteiger charge is 2.42. The number of aromatic nitrogens is 1. The van der Waals surface area contributed by atoms with E-state index in [0.29, 0.717) is 115 Å². The zero-order valence-corrected chi connectivity index (χ0v) is 44.5. The molecule has 1 aromatic heterocycles. The van der Waals surface area contributed by atoms with Gasteiger partial charge in [0.05, 0.1) is 49.6 Å². The average molecular weight is 1040 g/mol. The maximum Gasteiger partial charge on any atom is 0.315 e. The molecule has 19 heteroatoms.